The molecule has 20 nitrogen and oxygen atoms in total. The van der Waals surface area contributed by atoms with E-state index in [0.29, 0.717) is 59.9 Å². The standard InChI is InChI=1S/C58H72N12O8S/c1-35(2)54(58(74)69-33-43(71)26-49(69)57(73)62-36(3)38-9-11-39(12-10-38)55-37(4)61-34-79-55)51-30-53(65-78-51)76-24-22-67-19-17-66(18-20-67)21-23-75-44-27-45(28-44)77-52-25-40(15-16-60-52)70-41-13-14-42(70)32-68(31-41)48-29-47(63-64-56(48)59)46-7-5-6-8-50(46)72/h5-12,15-16,25,29-30,34-36,41-45,49,54,71-72H,13-14,17-24,26-28,31-33H2,1-4H3,(H2,59,64)(H,62,73)/t36-,41?,42?,43+,44?,45?,49-,54+/m0/s1. The first kappa shape index (κ1) is 54.1. The number of hydrogen-bond acceptors (Lipinski definition) is 19. The number of aliphatic hydroxyl groups is 1. The molecule has 1 saturated carbocycles. The lowest BCUT2D eigenvalue weighted by atomic mass is 9.91. The normalized spacial score (nSPS) is 23.2. The van der Waals surface area contributed by atoms with Gasteiger partial charge in [0.25, 0.3) is 5.88 Å². The molecule has 79 heavy (non-hydrogen) atoms. The SMILES string of the molecule is Cc1ncsc1-c1ccc([C@H](C)NC(=O)[C@@H]2C[C@@H](O)CN2C(=O)[C@@H](c2cc(OCCN3CCN(CCOC4CC(Oc5cc(N6C7CCC6CN(c6cc(-c8ccccc8O)nnc6N)C7)ccn5)C4)CC3)no2)C(C)C)cc1. The summed E-state index contributed by atoms with van der Waals surface area (Å²) in [4.78, 5) is 49.2. The number of carbonyl (C=O) groups is 2. The second kappa shape index (κ2) is 23.8. The van der Waals surface area contributed by atoms with Gasteiger partial charge in [-0.2, -0.15) is 0 Å². The van der Waals surface area contributed by atoms with Crippen LogP contribution in [-0.2, 0) is 14.3 Å². The van der Waals surface area contributed by atoms with Crippen LogP contribution in [-0.4, -0.2) is 171 Å². The van der Waals surface area contributed by atoms with Gasteiger partial charge in [-0.3, -0.25) is 19.4 Å². The van der Waals surface area contributed by atoms with Crippen LogP contribution in [0.15, 0.2) is 89.0 Å². The molecule has 4 saturated heterocycles. The number of carbonyl (C=O) groups excluding carboxylic acids is 2. The van der Waals surface area contributed by atoms with E-state index in [-0.39, 0.29) is 54.7 Å². The highest BCUT2D eigenvalue weighted by Gasteiger charge is 2.44. The maximum absolute atomic E-state index is 14.2. The molecule has 4 aliphatic heterocycles. The molecule has 2 bridgehead atoms. The molecule has 1 aliphatic carbocycles. The molecule has 2 aromatic carbocycles. The summed E-state index contributed by atoms with van der Waals surface area (Å²) >= 11 is 1.59. The zero-order chi connectivity index (χ0) is 54.7. The Morgan fingerprint density at radius 1 is 0.861 bits per heavy atom. The average molecular weight is 1100 g/mol. The van der Waals surface area contributed by atoms with Crippen LogP contribution in [0.25, 0.3) is 21.7 Å². The van der Waals surface area contributed by atoms with E-state index >= 15 is 0 Å². The number of thiazole rings is 1. The molecule has 5 aliphatic rings. The first-order valence-corrected chi connectivity index (χ1v) is 28.7. The van der Waals surface area contributed by atoms with Gasteiger partial charge >= 0.3 is 0 Å². The van der Waals surface area contributed by atoms with E-state index < -0.39 is 18.1 Å². The summed E-state index contributed by atoms with van der Waals surface area (Å²) in [5.74, 6) is 0.369. The van der Waals surface area contributed by atoms with Crippen molar-refractivity contribution >= 4 is 40.3 Å². The third-order valence-corrected chi connectivity index (χ3v) is 17.4. The predicted molar refractivity (Wildman–Crippen MR) is 300 cm³/mol. The van der Waals surface area contributed by atoms with Crippen LogP contribution >= 0.6 is 11.3 Å². The van der Waals surface area contributed by atoms with Gasteiger partial charge in [0.1, 0.15) is 30.4 Å². The summed E-state index contributed by atoms with van der Waals surface area (Å²) in [5, 5.41) is 37.0. The number of pyridine rings is 1. The molecule has 418 valence electrons. The van der Waals surface area contributed by atoms with Gasteiger partial charge in [-0.25, -0.2) is 9.97 Å². The number of para-hydroxylation sites is 1. The molecule has 2 unspecified atom stereocenters. The molecule has 0 spiro atoms. The first-order valence-electron chi connectivity index (χ1n) is 27.8. The zero-order valence-corrected chi connectivity index (χ0v) is 46.2. The largest absolute Gasteiger partial charge is 0.507 e. The van der Waals surface area contributed by atoms with Crippen molar-refractivity contribution in [3.8, 4) is 39.2 Å². The van der Waals surface area contributed by atoms with Crippen molar-refractivity contribution in [3.63, 3.8) is 0 Å². The summed E-state index contributed by atoms with van der Waals surface area (Å²) < 4.78 is 24.5. The van der Waals surface area contributed by atoms with E-state index in [9.17, 15) is 19.8 Å². The zero-order valence-electron chi connectivity index (χ0n) is 45.4. The quantitative estimate of drug-likeness (QED) is 0.0656. The molecular weight excluding hydrogens is 1020 g/mol. The van der Waals surface area contributed by atoms with E-state index in [1.54, 1.807) is 29.5 Å². The van der Waals surface area contributed by atoms with Crippen molar-refractivity contribution in [3.05, 3.63) is 102 Å². The van der Waals surface area contributed by atoms with E-state index in [2.05, 4.69) is 62.4 Å². The number of amides is 2. The lowest BCUT2D eigenvalue weighted by Crippen LogP contribution is -2.54. The molecule has 11 rings (SSSR count). The third-order valence-electron chi connectivity index (χ3n) is 16.4. The molecule has 4 aromatic heterocycles. The number of likely N-dealkylation sites (tertiary alicyclic amines) is 1. The number of hydrogen-bond donors (Lipinski definition) is 4. The van der Waals surface area contributed by atoms with Gasteiger partial charge in [-0.05, 0) is 73.2 Å². The third kappa shape index (κ3) is 12.2. The number of aliphatic hydroxyl groups excluding tert-OH is 1. The van der Waals surface area contributed by atoms with Crippen LogP contribution in [0.4, 0.5) is 17.2 Å². The molecule has 21 heteroatoms. The van der Waals surface area contributed by atoms with Crippen LogP contribution < -0.4 is 30.3 Å². The Morgan fingerprint density at radius 2 is 1.59 bits per heavy atom. The van der Waals surface area contributed by atoms with Gasteiger partial charge in [0.05, 0.1) is 52.3 Å². The fourth-order valence-electron chi connectivity index (χ4n) is 12.0. The van der Waals surface area contributed by atoms with Gasteiger partial charge in [0, 0.05) is 120 Å². The number of benzene rings is 2. The maximum Gasteiger partial charge on any atom is 0.254 e. The highest BCUT2D eigenvalue weighted by Crippen LogP contribution is 2.41. The Bertz CT molecular complexity index is 3040. The van der Waals surface area contributed by atoms with E-state index in [4.69, 9.17) is 24.5 Å². The highest BCUT2D eigenvalue weighted by atomic mass is 32.1. The fraction of sp³-hybridized carbons (Fsp3) is 0.500. The Hall–Kier alpha value is -6.91. The van der Waals surface area contributed by atoms with Crippen molar-refractivity contribution in [1.29, 1.82) is 0 Å². The average Bonchev–Trinajstić information content (AvgIpc) is 4.25. The van der Waals surface area contributed by atoms with Gasteiger partial charge in [0.15, 0.2) is 11.6 Å². The van der Waals surface area contributed by atoms with Gasteiger partial charge in [-0.15, -0.1) is 21.5 Å². The summed E-state index contributed by atoms with van der Waals surface area (Å²) in [7, 11) is 0. The van der Waals surface area contributed by atoms with E-state index in [1.165, 1.54) is 4.90 Å². The summed E-state index contributed by atoms with van der Waals surface area (Å²) in [6, 6.07) is 22.4. The number of nitrogens with zero attached hydrogens (tertiary/aromatic N) is 10. The molecular formula is C58H72N12O8S. The Morgan fingerprint density at radius 3 is 2.30 bits per heavy atom. The predicted octanol–water partition coefficient (Wildman–Crippen LogP) is 6.31. The molecule has 8 heterocycles. The molecule has 6 aromatic rings. The van der Waals surface area contributed by atoms with Crippen LogP contribution in [0.5, 0.6) is 17.5 Å². The van der Waals surface area contributed by atoms with Crippen molar-refractivity contribution in [2.24, 2.45) is 5.92 Å². The van der Waals surface area contributed by atoms with Crippen LogP contribution in [0.2, 0.25) is 0 Å². The Balaban J connectivity index is 0.578. The van der Waals surface area contributed by atoms with Gasteiger partial charge in [-0.1, -0.05) is 50.2 Å². The summed E-state index contributed by atoms with van der Waals surface area (Å²) in [5.41, 5.74) is 14.4. The summed E-state index contributed by atoms with van der Waals surface area (Å²) in [6.45, 7) is 15.8. The second-order valence-corrected chi connectivity index (χ2v) is 23.0. The number of β-amino-alcohol motifs (C(OH)–C–C–N with tert-alkyl or cyclic N) is 1. The first-order chi connectivity index (χ1) is 38.3. The number of nitrogen functional groups attached to an aromatic ring is 1. The molecule has 0 radical (unpaired) electrons. The van der Waals surface area contributed by atoms with E-state index in [1.807, 2.05) is 81.9 Å². The van der Waals surface area contributed by atoms with Crippen molar-refractivity contribution in [2.75, 3.05) is 87.7 Å². The number of anilines is 3. The van der Waals surface area contributed by atoms with E-state index in [0.717, 1.165) is 111 Å². The fourth-order valence-corrected chi connectivity index (χ4v) is 12.8. The number of fused-ring (bicyclic) bond motifs is 2. The number of rotatable bonds is 20. The Kier molecular flexibility index (Phi) is 16.3. The number of ether oxygens (including phenoxy) is 3. The minimum absolute atomic E-state index is 0.0553. The Labute approximate surface area is 464 Å². The monoisotopic (exact) mass is 1100 g/mol. The molecule has 6 atom stereocenters. The minimum atomic E-state index is -0.827. The second-order valence-electron chi connectivity index (χ2n) is 22.1. The van der Waals surface area contributed by atoms with Crippen LogP contribution in [0.1, 0.15) is 81.9 Å². The van der Waals surface area contributed by atoms with Crippen molar-refractivity contribution in [2.45, 2.75) is 108 Å². The van der Waals surface area contributed by atoms with Crippen LogP contribution in [0, 0.1) is 12.8 Å². The lowest BCUT2D eigenvalue weighted by Gasteiger charge is -2.43. The number of aromatic hydroxyl groups is 1. The lowest BCUT2D eigenvalue weighted by molar-refractivity contribution is -0.141. The van der Waals surface area contributed by atoms with Gasteiger partial charge < -0.3 is 54.7 Å². The minimum Gasteiger partial charge on any atom is -0.507 e. The number of nitrogens with two attached hydrogens (primary N) is 1. The number of phenolic OH excluding ortho intramolecular Hbond substituents is 1. The molecule has 5 fully saturated rings. The molecule has 5 N–H and O–H groups in total. The maximum atomic E-state index is 14.2. The van der Waals surface area contributed by atoms with Crippen molar-refractivity contribution < 1.29 is 38.5 Å². The molecule has 2 amide bonds. The number of nitrogens with one attached hydrogen (secondary N) is 1. The van der Waals surface area contributed by atoms with Crippen LogP contribution in [0.3, 0.4) is 0 Å². The topological polar surface area (TPSA) is 234 Å². The highest BCUT2D eigenvalue weighted by molar-refractivity contribution is 7.13. The number of aryl methyl sites for hydroxylation is 1. The van der Waals surface area contributed by atoms with Crippen molar-refractivity contribution in [1.82, 2.24) is 45.3 Å². The number of piperazine rings is 2. The smallest absolute Gasteiger partial charge is 0.254 e. The summed E-state index contributed by atoms with van der Waals surface area (Å²) in [6.07, 6.45) is 5.22. The van der Waals surface area contributed by atoms with Gasteiger partial charge in [0.2, 0.25) is 17.7 Å². The number of aromatic nitrogens is 5. The number of phenols is 1.